The van der Waals surface area contributed by atoms with Crippen LogP contribution < -0.4 is 5.32 Å². The topological polar surface area (TPSA) is 29.1 Å². The zero-order valence-corrected chi connectivity index (χ0v) is 9.19. The van der Waals surface area contributed by atoms with Crippen molar-refractivity contribution in [2.24, 2.45) is 0 Å². The van der Waals surface area contributed by atoms with Crippen molar-refractivity contribution < 1.29 is 9.18 Å². The molecule has 0 saturated heterocycles. The molecule has 0 aliphatic heterocycles. The van der Waals surface area contributed by atoms with Gasteiger partial charge in [0.1, 0.15) is 5.82 Å². The van der Waals surface area contributed by atoms with Crippen molar-refractivity contribution in [2.75, 3.05) is 5.32 Å². The van der Waals surface area contributed by atoms with Crippen LogP contribution in [0, 0.1) is 5.82 Å². The Kier molecular flexibility index (Phi) is 3.50. The summed E-state index contributed by atoms with van der Waals surface area (Å²) in [4.78, 5) is 11.7. The van der Waals surface area contributed by atoms with Crippen LogP contribution in [0.15, 0.2) is 54.6 Å². The highest BCUT2D eigenvalue weighted by atomic mass is 19.1. The quantitative estimate of drug-likeness (QED) is 0.861. The standard InChI is InChI=1S/C14H12FNO/c15-12-8-6-11(7-9-12)10-14(17)16-13-4-2-1-3-5-13/h1-9H,10H2,(H,16,17). The molecule has 2 nitrogen and oxygen atoms in total. The Hall–Kier alpha value is -2.16. The third kappa shape index (κ3) is 3.41. The van der Waals surface area contributed by atoms with Crippen LogP contribution in [0.1, 0.15) is 5.56 Å². The number of anilines is 1. The molecule has 2 aromatic rings. The smallest absolute Gasteiger partial charge is 0.228 e. The van der Waals surface area contributed by atoms with Crippen LogP contribution in [0.3, 0.4) is 0 Å². The molecule has 0 radical (unpaired) electrons. The van der Waals surface area contributed by atoms with Gasteiger partial charge in [-0.2, -0.15) is 0 Å². The van der Waals surface area contributed by atoms with E-state index in [1.807, 2.05) is 30.3 Å². The Bertz CT molecular complexity index is 493. The summed E-state index contributed by atoms with van der Waals surface area (Å²) in [5.74, 6) is -0.403. The molecule has 3 heteroatoms. The molecule has 1 amide bonds. The van der Waals surface area contributed by atoms with E-state index in [-0.39, 0.29) is 18.1 Å². The zero-order valence-electron chi connectivity index (χ0n) is 9.19. The molecule has 0 fully saturated rings. The molecule has 2 rings (SSSR count). The minimum absolute atomic E-state index is 0.109. The van der Waals surface area contributed by atoms with Gasteiger partial charge in [-0.1, -0.05) is 30.3 Å². The zero-order chi connectivity index (χ0) is 12.1. The number of amides is 1. The second-order valence-corrected chi connectivity index (χ2v) is 3.72. The molecule has 0 unspecified atom stereocenters. The first-order valence-electron chi connectivity index (χ1n) is 5.33. The first-order valence-corrected chi connectivity index (χ1v) is 5.33. The average molecular weight is 229 g/mol. The molecule has 1 N–H and O–H groups in total. The summed E-state index contributed by atoms with van der Waals surface area (Å²) in [5, 5.41) is 2.77. The lowest BCUT2D eigenvalue weighted by Gasteiger charge is -2.04. The summed E-state index contributed by atoms with van der Waals surface area (Å²) >= 11 is 0. The molecule has 86 valence electrons. The van der Waals surface area contributed by atoms with Gasteiger partial charge in [0.25, 0.3) is 0 Å². The third-order valence-electron chi connectivity index (χ3n) is 2.34. The van der Waals surface area contributed by atoms with Crippen LogP contribution in [-0.2, 0) is 11.2 Å². The summed E-state index contributed by atoms with van der Waals surface area (Å²) in [6, 6.07) is 15.2. The van der Waals surface area contributed by atoms with E-state index in [4.69, 9.17) is 0 Å². The maximum atomic E-state index is 12.7. The van der Waals surface area contributed by atoms with Crippen LogP contribution in [-0.4, -0.2) is 5.91 Å². The Morgan fingerprint density at radius 1 is 1.00 bits per heavy atom. The van der Waals surface area contributed by atoms with Gasteiger partial charge in [0.05, 0.1) is 6.42 Å². The first-order chi connectivity index (χ1) is 8.24. The highest BCUT2D eigenvalue weighted by Crippen LogP contribution is 2.08. The monoisotopic (exact) mass is 229 g/mol. The average Bonchev–Trinajstić information content (AvgIpc) is 2.33. The lowest BCUT2D eigenvalue weighted by molar-refractivity contribution is -0.115. The largest absolute Gasteiger partial charge is 0.326 e. The van der Waals surface area contributed by atoms with Crippen LogP contribution in [0.5, 0.6) is 0 Å². The van der Waals surface area contributed by atoms with Gasteiger partial charge >= 0.3 is 0 Å². The maximum absolute atomic E-state index is 12.7. The summed E-state index contributed by atoms with van der Waals surface area (Å²) in [6.45, 7) is 0. The fourth-order valence-corrected chi connectivity index (χ4v) is 1.51. The summed E-state index contributed by atoms with van der Waals surface area (Å²) in [7, 11) is 0. The van der Waals surface area contributed by atoms with Gasteiger partial charge in [0, 0.05) is 5.69 Å². The molecule has 0 aliphatic rings. The third-order valence-corrected chi connectivity index (χ3v) is 2.34. The molecular weight excluding hydrogens is 217 g/mol. The number of hydrogen-bond donors (Lipinski definition) is 1. The van der Waals surface area contributed by atoms with Gasteiger partial charge in [0.2, 0.25) is 5.91 Å². The van der Waals surface area contributed by atoms with Crippen molar-refractivity contribution in [2.45, 2.75) is 6.42 Å². The second kappa shape index (κ2) is 5.25. The van der Waals surface area contributed by atoms with E-state index in [0.717, 1.165) is 11.3 Å². The Morgan fingerprint density at radius 2 is 1.65 bits per heavy atom. The van der Waals surface area contributed by atoms with Crippen molar-refractivity contribution in [3.05, 3.63) is 66.0 Å². The van der Waals surface area contributed by atoms with Crippen molar-refractivity contribution in [1.29, 1.82) is 0 Å². The number of rotatable bonds is 3. The van der Waals surface area contributed by atoms with E-state index in [1.165, 1.54) is 12.1 Å². The first kappa shape index (κ1) is 11.3. The molecule has 0 saturated carbocycles. The number of para-hydroxylation sites is 1. The van der Waals surface area contributed by atoms with E-state index in [2.05, 4.69) is 5.32 Å². The Morgan fingerprint density at radius 3 is 2.29 bits per heavy atom. The van der Waals surface area contributed by atoms with Crippen LogP contribution in [0.4, 0.5) is 10.1 Å². The molecular formula is C14H12FNO. The fourth-order valence-electron chi connectivity index (χ4n) is 1.51. The van der Waals surface area contributed by atoms with Gasteiger partial charge in [-0.3, -0.25) is 4.79 Å². The van der Waals surface area contributed by atoms with E-state index in [1.54, 1.807) is 12.1 Å². The van der Waals surface area contributed by atoms with Gasteiger partial charge in [-0.05, 0) is 29.8 Å². The van der Waals surface area contributed by atoms with Crippen LogP contribution in [0.2, 0.25) is 0 Å². The molecule has 0 atom stereocenters. The van der Waals surface area contributed by atoms with E-state index < -0.39 is 0 Å². The van der Waals surface area contributed by atoms with Crippen LogP contribution in [0.25, 0.3) is 0 Å². The number of carbonyl (C=O) groups is 1. The predicted octanol–water partition coefficient (Wildman–Crippen LogP) is 3.01. The van der Waals surface area contributed by atoms with Crippen LogP contribution >= 0.6 is 0 Å². The highest BCUT2D eigenvalue weighted by Gasteiger charge is 2.03. The van der Waals surface area contributed by atoms with Gasteiger partial charge in [-0.15, -0.1) is 0 Å². The molecule has 0 aromatic heterocycles. The molecule has 0 bridgehead atoms. The fraction of sp³-hybridized carbons (Fsp3) is 0.0714. The molecule has 2 aromatic carbocycles. The predicted molar refractivity (Wildman–Crippen MR) is 65.2 cm³/mol. The van der Waals surface area contributed by atoms with Crippen molar-refractivity contribution >= 4 is 11.6 Å². The molecule has 0 heterocycles. The number of hydrogen-bond acceptors (Lipinski definition) is 1. The lowest BCUT2D eigenvalue weighted by Crippen LogP contribution is -2.14. The Balaban J connectivity index is 1.96. The molecule has 0 spiro atoms. The summed E-state index contributed by atoms with van der Waals surface area (Å²) in [6.07, 6.45) is 0.245. The molecule has 17 heavy (non-hydrogen) atoms. The van der Waals surface area contributed by atoms with Gasteiger partial charge in [0.15, 0.2) is 0 Å². The van der Waals surface area contributed by atoms with E-state index >= 15 is 0 Å². The lowest BCUT2D eigenvalue weighted by atomic mass is 10.1. The van der Waals surface area contributed by atoms with Crippen molar-refractivity contribution in [3.8, 4) is 0 Å². The number of carbonyl (C=O) groups excluding carboxylic acids is 1. The highest BCUT2D eigenvalue weighted by molar-refractivity contribution is 5.92. The minimum Gasteiger partial charge on any atom is -0.326 e. The number of halogens is 1. The maximum Gasteiger partial charge on any atom is 0.228 e. The minimum atomic E-state index is -0.294. The van der Waals surface area contributed by atoms with Crippen molar-refractivity contribution in [1.82, 2.24) is 0 Å². The SMILES string of the molecule is O=C(Cc1ccc(F)cc1)Nc1ccccc1. The number of benzene rings is 2. The van der Waals surface area contributed by atoms with Gasteiger partial charge in [-0.25, -0.2) is 4.39 Å². The number of nitrogens with one attached hydrogen (secondary N) is 1. The van der Waals surface area contributed by atoms with E-state index in [9.17, 15) is 9.18 Å². The summed E-state index contributed by atoms with van der Waals surface area (Å²) in [5.41, 5.74) is 1.56. The second-order valence-electron chi connectivity index (χ2n) is 3.72. The van der Waals surface area contributed by atoms with E-state index in [0.29, 0.717) is 0 Å². The normalized spacial score (nSPS) is 9.94. The summed E-state index contributed by atoms with van der Waals surface area (Å²) < 4.78 is 12.7. The molecule has 0 aliphatic carbocycles. The Labute approximate surface area is 99.1 Å². The van der Waals surface area contributed by atoms with Gasteiger partial charge < -0.3 is 5.32 Å². The van der Waals surface area contributed by atoms with Crippen molar-refractivity contribution in [3.63, 3.8) is 0 Å².